The van der Waals surface area contributed by atoms with Crippen molar-refractivity contribution in [2.24, 2.45) is 0 Å². The van der Waals surface area contributed by atoms with Gasteiger partial charge in [-0.05, 0) is 0 Å². The quantitative estimate of drug-likeness (QED) is 0.494. The summed E-state index contributed by atoms with van der Waals surface area (Å²) in [7, 11) is 1.03. The Hall–Kier alpha value is 1.39. The van der Waals surface area contributed by atoms with Crippen LogP contribution in [-0.4, -0.2) is 10.1 Å². The third kappa shape index (κ3) is 5.39. The van der Waals surface area contributed by atoms with Gasteiger partial charge in [0.2, 0.25) is 0 Å². The van der Waals surface area contributed by atoms with Crippen molar-refractivity contribution in [1.82, 2.24) is 0 Å². The predicted octanol–water partition coefficient (Wildman–Crippen LogP) is 2.37. The van der Waals surface area contributed by atoms with Crippen molar-refractivity contribution in [2.75, 3.05) is 10.1 Å². The van der Waals surface area contributed by atoms with Crippen LogP contribution in [0, 0.1) is 0 Å². The fourth-order valence-electron chi connectivity index (χ4n) is 0.0357. The Morgan fingerprint density at radius 2 is 1.60 bits per heavy atom. The largest absolute Gasteiger partial charge is 0.100 e. The van der Waals surface area contributed by atoms with E-state index in [1.807, 2.05) is 0 Å². The number of rotatable bonds is 2. The molecule has 0 nitrogen and oxygen atoms in total. The van der Waals surface area contributed by atoms with E-state index in [-0.39, 0.29) is 0 Å². The van der Waals surface area contributed by atoms with Crippen molar-refractivity contribution in [3.63, 3.8) is 0 Å². The molecule has 5 heavy (non-hydrogen) atoms. The lowest BCUT2D eigenvalue weighted by Gasteiger charge is -1.77. The lowest BCUT2D eigenvalue weighted by molar-refractivity contribution is 2.18. The third-order valence-electron chi connectivity index (χ3n) is 0.189. The van der Waals surface area contributed by atoms with E-state index < -0.39 is 0 Å². The highest BCUT2D eigenvalue weighted by Crippen LogP contribution is 2.14. The molecule has 0 aromatic carbocycles. The van der Waals surface area contributed by atoms with Crippen molar-refractivity contribution in [1.29, 1.82) is 0 Å². The average molecular weight is 220 g/mol. The fourth-order valence-corrected chi connectivity index (χ4v) is 2.89. The van der Waals surface area contributed by atoms with Gasteiger partial charge in [-0.25, -0.2) is 0 Å². The minimum Gasteiger partial charge on any atom is -0.100 e. The Morgan fingerprint density at radius 1 is 1.20 bits per heavy atom. The van der Waals surface area contributed by atoms with Crippen LogP contribution in [0.4, 0.5) is 0 Å². The normalized spacial score (nSPS) is 8.40. The first kappa shape index (κ1) is 6.39. The molecule has 3 heteroatoms. The van der Waals surface area contributed by atoms with Crippen LogP contribution in [0.25, 0.3) is 0 Å². The van der Waals surface area contributed by atoms with E-state index in [0.717, 1.165) is 18.7 Å². The second kappa shape index (κ2) is 5.39. The second-order valence-corrected chi connectivity index (χ2v) is 4.92. The molecule has 0 aliphatic heterocycles. The van der Waals surface area contributed by atoms with Gasteiger partial charge < -0.3 is 0 Å². The first-order chi connectivity index (χ1) is 2.41. The molecule has 0 aromatic heterocycles. The van der Waals surface area contributed by atoms with Crippen molar-refractivity contribution in [3.8, 4) is 0 Å². The van der Waals surface area contributed by atoms with E-state index in [2.05, 4.69) is 31.9 Å². The van der Waals surface area contributed by atoms with Gasteiger partial charge in [-0.1, -0.05) is 31.9 Å². The summed E-state index contributed by atoms with van der Waals surface area (Å²) in [5.74, 6) is 0. The maximum atomic E-state index is 3.29. The van der Waals surface area contributed by atoms with Gasteiger partial charge in [0.15, 0.2) is 0 Å². The van der Waals surface area contributed by atoms with Crippen molar-refractivity contribution >= 4 is 40.4 Å². The maximum absolute atomic E-state index is 3.29. The molecule has 0 radical (unpaired) electrons. The summed E-state index contributed by atoms with van der Waals surface area (Å²) in [6.45, 7) is 0. The highest BCUT2D eigenvalue weighted by Gasteiger charge is 1.70. The first-order valence-corrected chi connectivity index (χ1v) is 4.90. The van der Waals surface area contributed by atoms with Crippen LogP contribution in [0.15, 0.2) is 0 Å². The minimum atomic E-state index is 1.03. The minimum absolute atomic E-state index is 1.03. The molecule has 0 heterocycles. The van der Waals surface area contributed by atoms with E-state index in [9.17, 15) is 0 Å². The summed E-state index contributed by atoms with van der Waals surface area (Å²) < 4.78 is 0. The molecule has 0 aromatic rings. The lowest BCUT2D eigenvalue weighted by atomic mass is 11.9. The molecule has 0 bridgehead atoms. The fraction of sp³-hybridized carbons (Fsp3) is 1.00. The van der Waals surface area contributed by atoms with Crippen LogP contribution in [0.5, 0.6) is 0 Å². The Bertz CT molecular complexity index is 15.1. The zero-order valence-electron chi connectivity index (χ0n) is 2.67. The van der Waals surface area contributed by atoms with Crippen molar-refractivity contribution < 1.29 is 0 Å². The van der Waals surface area contributed by atoms with E-state index in [1.54, 1.807) is 0 Å². The highest BCUT2D eigenvalue weighted by atomic mass is 79.9. The first-order valence-electron chi connectivity index (χ1n) is 1.24. The molecule has 0 saturated carbocycles. The van der Waals surface area contributed by atoms with E-state index in [1.165, 1.54) is 0 Å². The molecular weight excluding hydrogens is 215 g/mol. The van der Waals surface area contributed by atoms with Crippen LogP contribution in [0.3, 0.4) is 0 Å². The molecule has 0 atom stereocenters. The van der Waals surface area contributed by atoms with Gasteiger partial charge in [0, 0.05) is 10.1 Å². The Labute approximate surface area is 50.8 Å². The summed E-state index contributed by atoms with van der Waals surface area (Å²) in [6.07, 6.45) is 0. The average Bonchev–Trinajstić information content (AvgIpc) is 1.41. The Kier molecular flexibility index (Phi) is 6.89. The standard InChI is InChI=1S/C2H5Br2P/c3-1-5-2-4/h5H,1-2H2. The predicted molar refractivity (Wildman–Crippen MR) is 35.9 cm³/mol. The van der Waals surface area contributed by atoms with E-state index in [0.29, 0.717) is 0 Å². The van der Waals surface area contributed by atoms with Gasteiger partial charge in [-0.2, -0.15) is 0 Å². The molecule has 0 rings (SSSR count). The lowest BCUT2D eigenvalue weighted by Crippen LogP contribution is -1.48. The molecule has 0 fully saturated rings. The molecule has 0 amide bonds. The molecule has 0 unspecified atom stereocenters. The molecule has 0 spiro atoms. The van der Waals surface area contributed by atoms with Crippen LogP contribution in [0.2, 0.25) is 0 Å². The van der Waals surface area contributed by atoms with Gasteiger partial charge in [0.25, 0.3) is 0 Å². The van der Waals surface area contributed by atoms with E-state index in [4.69, 9.17) is 0 Å². The Morgan fingerprint density at radius 3 is 1.60 bits per heavy atom. The van der Waals surface area contributed by atoms with Crippen LogP contribution < -0.4 is 0 Å². The second-order valence-electron chi connectivity index (χ2n) is 0.517. The molecule has 0 N–H and O–H groups in total. The third-order valence-corrected chi connectivity index (χ3v) is 2.95. The molecule has 32 valence electrons. The van der Waals surface area contributed by atoms with Crippen LogP contribution >= 0.6 is 40.4 Å². The zero-order chi connectivity index (χ0) is 4.12. The highest BCUT2D eigenvalue weighted by molar-refractivity contribution is 9.11. The van der Waals surface area contributed by atoms with Gasteiger partial charge in [0.1, 0.15) is 0 Å². The van der Waals surface area contributed by atoms with Crippen LogP contribution in [-0.2, 0) is 0 Å². The number of hydrogen-bond acceptors (Lipinski definition) is 0. The maximum Gasteiger partial charge on any atom is 0.0214 e. The molecule has 0 aliphatic rings. The van der Waals surface area contributed by atoms with Gasteiger partial charge >= 0.3 is 0 Å². The van der Waals surface area contributed by atoms with Crippen molar-refractivity contribution in [3.05, 3.63) is 0 Å². The smallest absolute Gasteiger partial charge is 0.0214 e. The summed E-state index contributed by atoms with van der Waals surface area (Å²) in [5.41, 5.74) is 0. The monoisotopic (exact) mass is 218 g/mol. The summed E-state index contributed by atoms with van der Waals surface area (Å²) >= 11 is 6.58. The Balaban J connectivity index is 2.19. The summed E-state index contributed by atoms with van der Waals surface area (Å²) in [5, 5.41) is 2.27. The SMILES string of the molecule is BrCPCBr. The van der Waals surface area contributed by atoms with Crippen LogP contribution in [0.1, 0.15) is 0 Å². The summed E-state index contributed by atoms with van der Waals surface area (Å²) in [6, 6.07) is 0. The number of hydrogen-bond donors (Lipinski definition) is 0. The number of halogens is 2. The van der Waals surface area contributed by atoms with Gasteiger partial charge in [0.05, 0.1) is 0 Å². The summed E-state index contributed by atoms with van der Waals surface area (Å²) in [4.78, 5) is 0. The molecule has 0 saturated heterocycles. The molecule has 0 aliphatic carbocycles. The van der Waals surface area contributed by atoms with Crippen molar-refractivity contribution in [2.45, 2.75) is 0 Å². The van der Waals surface area contributed by atoms with Gasteiger partial charge in [-0.3, -0.25) is 0 Å². The van der Waals surface area contributed by atoms with Gasteiger partial charge in [-0.15, -0.1) is 8.58 Å². The topological polar surface area (TPSA) is 0 Å². The van der Waals surface area contributed by atoms with E-state index >= 15 is 0 Å². The zero-order valence-corrected chi connectivity index (χ0v) is 6.84. The molecular formula is C2H5Br2P. The number of alkyl halides is 2.